The number of carboxylic acid groups (broad SMARTS) is 1. The minimum atomic E-state index is -0.948. The quantitative estimate of drug-likeness (QED) is 0.399. The van der Waals surface area contributed by atoms with E-state index in [1.54, 1.807) is 48.5 Å². The molecule has 0 atom stereocenters. The van der Waals surface area contributed by atoms with Crippen LogP contribution in [0.15, 0.2) is 47.4 Å². The maximum atomic E-state index is 13.0. The van der Waals surface area contributed by atoms with Gasteiger partial charge in [0.1, 0.15) is 0 Å². The molecule has 2 aromatic rings. The SMILES string of the molecule is CCOc1cc(/C=C2/SC(=S)N(c3ccc(NC(C)=O)cc3)C2=O)ccc1OCCC(=O)O. The van der Waals surface area contributed by atoms with E-state index in [1.165, 1.54) is 23.6 Å². The van der Waals surface area contributed by atoms with Crippen molar-refractivity contribution in [2.45, 2.75) is 20.3 Å². The first-order valence-corrected chi connectivity index (χ1v) is 11.3. The van der Waals surface area contributed by atoms with Gasteiger partial charge in [0, 0.05) is 12.6 Å². The molecule has 2 N–H and O–H groups in total. The zero-order valence-corrected chi connectivity index (χ0v) is 19.6. The number of benzene rings is 2. The van der Waals surface area contributed by atoms with E-state index < -0.39 is 5.97 Å². The zero-order valence-electron chi connectivity index (χ0n) is 18.0. The lowest BCUT2D eigenvalue weighted by Crippen LogP contribution is -2.27. The van der Waals surface area contributed by atoms with E-state index >= 15 is 0 Å². The molecule has 33 heavy (non-hydrogen) atoms. The van der Waals surface area contributed by atoms with Crippen LogP contribution in [0.4, 0.5) is 11.4 Å². The molecule has 10 heteroatoms. The summed E-state index contributed by atoms with van der Waals surface area (Å²) >= 11 is 6.61. The fraction of sp³-hybridized carbons (Fsp3) is 0.217. The van der Waals surface area contributed by atoms with Crippen molar-refractivity contribution in [1.82, 2.24) is 0 Å². The van der Waals surface area contributed by atoms with Crippen LogP contribution in [0, 0.1) is 0 Å². The number of aliphatic carboxylic acids is 1. The Kier molecular flexibility index (Phi) is 8.07. The Hall–Kier alpha value is -3.37. The number of carbonyl (C=O) groups excluding carboxylic acids is 2. The van der Waals surface area contributed by atoms with Crippen molar-refractivity contribution < 1.29 is 29.0 Å². The molecule has 0 radical (unpaired) electrons. The number of thioether (sulfide) groups is 1. The normalized spacial score (nSPS) is 14.5. The van der Waals surface area contributed by atoms with Crippen molar-refractivity contribution in [3.8, 4) is 11.5 Å². The lowest BCUT2D eigenvalue weighted by molar-refractivity contribution is -0.137. The summed E-state index contributed by atoms with van der Waals surface area (Å²) in [6, 6.07) is 12.0. The van der Waals surface area contributed by atoms with Gasteiger partial charge in [-0.3, -0.25) is 19.3 Å². The van der Waals surface area contributed by atoms with Gasteiger partial charge in [0.05, 0.1) is 30.2 Å². The van der Waals surface area contributed by atoms with Crippen molar-refractivity contribution in [2.24, 2.45) is 0 Å². The molecule has 2 amide bonds. The standard InChI is InChI=1S/C23H22N2O6S2/c1-3-30-19-12-15(4-9-18(19)31-11-10-21(27)28)13-20-22(29)25(23(32)33-20)17-7-5-16(6-8-17)24-14(2)26/h4-9,12-13H,3,10-11H2,1-2H3,(H,24,26)(H,27,28)/b20-13+. The van der Waals surface area contributed by atoms with E-state index in [2.05, 4.69) is 5.32 Å². The average Bonchev–Trinajstić information content (AvgIpc) is 3.03. The number of carbonyl (C=O) groups is 3. The highest BCUT2D eigenvalue weighted by molar-refractivity contribution is 8.27. The molecule has 0 bridgehead atoms. The van der Waals surface area contributed by atoms with Gasteiger partial charge in [0.2, 0.25) is 5.91 Å². The van der Waals surface area contributed by atoms with Crippen LogP contribution in [-0.2, 0) is 14.4 Å². The fourth-order valence-corrected chi connectivity index (χ4v) is 4.29. The van der Waals surface area contributed by atoms with Gasteiger partial charge in [-0.15, -0.1) is 0 Å². The number of thiocarbonyl (C=S) groups is 1. The van der Waals surface area contributed by atoms with E-state index in [1.807, 2.05) is 6.92 Å². The van der Waals surface area contributed by atoms with Crippen LogP contribution in [0.2, 0.25) is 0 Å². The third-order valence-electron chi connectivity index (χ3n) is 4.38. The first-order valence-electron chi connectivity index (χ1n) is 10.1. The summed E-state index contributed by atoms with van der Waals surface area (Å²) in [5, 5.41) is 11.5. The largest absolute Gasteiger partial charge is 0.490 e. The smallest absolute Gasteiger partial charge is 0.306 e. The number of ether oxygens (including phenoxy) is 2. The van der Waals surface area contributed by atoms with Crippen LogP contribution in [0.25, 0.3) is 6.08 Å². The van der Waals surface area contributed by atoms with Crippen LogP contribution in [0.5, 0.6) is 11.5 Å². The second kappa shape index (κ2) is 11.0. The Morgan fingerprint density at radius 2 is 1.88 bits per heavy atom. The molecular formula is C23H22N2O6S2. The van der Waals surface area contributed by atoms with Gasteiger partial charge in [-0.2, -0.15) is 0 Å². The number of nitrogens with one attached hydrogen (secondary N) is 1. The minimum absolute atomic E-state index is 0.0220. The molecule has 0 unspecified atom stereocenters. The molecule has 2 aromatic carbocycles. The topological polar surface area (TPSA) is 105 Å². The second-order valence-corrected chi connectivity index (χ2v) is 8.55. The average molecular weight is 487 g/mol. The molecule has 8 nitrogen and oxygen atoms in total. The second-order valence-electron chi connectivity index (χ2n) is 6.88. The first-order chi connectivity index (χ1) is 15.8. The number of rotatable bonds is 9. The highest BCUT2D eigenvalue weighted by Gasteiger charge is 2.33. The molecule has 1 fully saturated rings. The Labute approximate surface area is 200 Å². The summed E-state index contributed by atoms with van der Waals surface area (Å²) < 4.78 is 11.5. The summed E-state index contributed by atoms with van der Waals surface area (Å²) in [5.74, 6) is -0.489. The van der Waals surface area contributed by atoms with Crippen LogP contribution in [-0.4, -0.2) is 40.4 Å². The number of carboxylic acids is 1. The Bertz CT molecular complexity index is 1110. The molecule has 172 valence electrons. The lowest BCUT2D eigenvalue weighted by atomic mass is 10.1. The zero-order chi connectivity index (χ0) is 24.0. The van der Waals surface area contributed by atoms with E-state index in [9.17, 15) is 14.4 Å². The van der Waals surface area contributed by atoms with Crippen LogP contribution < -0.4 is 19.7 Å². The molecule has 1 saturated heterocycles. The number of nitrogens with zero attached hydrogens (tertiary/aromatic N) is 1. The summed E-state index contributed by atoms with van der Waals surface area (Å²) in [4.78, 5) is 36.8. The van der Waals surface area contributed by atoms with Gasteiger partial charge in [-0.25, -0.2) is 0 Å². The van der Waals surface area contributed by atoms with Crippen molar-refractivity contribution in [3.05, 3.63) is 52.9 Å². The molecule has 0 aliphatic carbocycles. The molecule has 1 heterocycles. The third kappa shape index (κ3) is 6.33. The van der Waals surface area contributed by atoms with E-state index in [-0.39, 0.29) is 24.8 Å². The Morgan fingerprint density at radius 1 is 1.15 bits per heavy atom. The lowest BCUT2D eigenvalue weighted by Gasteiger charge is -2.15. The maximum absolute atomic E-state index is 13.0. The van der Waals surface area contributed by atoms with E-state index in [0.29, 0.717) is 44.3 Å². The first kappa shape index (κ1) is 24.3. The molecule has 0 aromatic heterocycles. The van der Waals surface area contributed by atoms with Gasteiger partial charge >= 0.3 is 5.97 Å². The predicted octanol–water partition coefficient (Wildman–Crippen LogP) is 4.30. The molecule has 0 saturated carbocycles. The van der Waals surface area contributed by atoms with Crippen LogP contribution >= 0.6 is 24.0 Å². The number of amides is 2. The Morgan fingerprint density at radius 3 is 2.52 bits per heavy atom. The molecule has 3 rings (SSSR count). The summed E-state index contributed by atoms with van der Waals surface area (Å²) in [6.07, 6.45) is 1.59. The van der Waals surface area contributed by atoms with Crippen molar-refractivity contribution in [3.63, 3.8) is 0 Å². The van der Waals surface area contributed by atoms with Crippen molar-refractivity contribution >= 4 is 63.5 Å². The number of anilines is 2. The number of hydrogen-bond donors (Lipinski definition) is 2. The van der Waals surface area contributed by atoms with E-state index in [4.69, 9.17) is 26.8 Å². The van der Waals surface area contributed by atoms with Gasteiger partial charge in [0.15, 0.2) is 15.8 Å². The molecule has 1 aliphatic rings. The van der Waals surface area contributed by atoms with Crippen molar-refractivity contribution in [2.75, 3.05) is 23.4 Å². The molecule has 0 spiro atoms. The third-order valence-corrected chi connectivity index (χ3v) is 5.68. The summed E-state index contributed by atoms with van der Waals surface area (Å²) in [6.45, 7) is 3.67. The summed E-state index contributed by atoms with van der Waals surface area (Å²) in [7, 11) is 0. The highest BCUT2D eigenvalue weighted by Crippen LogP contribution is 2.37. The molecule has 1 aliphatic heterocycles. The van der Waals surface area contributed by atoms with Crippen LogP contribution in [0.3, 0.4) is 0 Å². The van der Waals surface area contributed by atoms with Gasteiger partial charge in [0.25, 0.3) is 5.91 Å². The highest BCUT2D eigenvalue weighted by atomic mass is 32.2. The van der Waals surface area contributed by atoms with Gasteiger partial charge < -0.3 is 19.9 Å². The maximum Gasteiger partial charge on any atom is 0.306 e. The minimum Gasteiger partial charge on any atom is -0.490 e. The Balaban J connectivity index is 1.79. The number of hydrogen-bond acceptors (Lipinski definition) is 7. The van der Waals surface area contributed by atoms with Crippen molar-refractivity contribution in [1.29, 1.82) is 0 Å². The van der Waals surface area contributed by atoms with Gasteiger partial charge in [-0.05, 0) is 55.0 Å². The fourth-order valence-electron chi connectivity index (χ4n) is 2.99. The monoisotopic (exact) mass is 486 g/mol. The summed E-state index contributed by atoms with van der Waals surface area (Å²) in [5.41, 5.74) is 1.94. The van der Waals surface area contributed by atoms with E-state index in [0.717, 1.165) is 0 Å². The molecular weight excluding hydrogens is 464 g/mol. The van der Waals surface area contributed by atoms with Crippen LogP contribution in [0.1, 0.15) is 25.8 Å². The predicted molar refractivity (Wildman–Crippen MR) is 132 cm³/mol. The van der Waals surface area contributed by atoms with Gasteiger partial charge in [-0.1, -0.05) is 30.0 Å².